The molecule has 0 aliphatic heterocycles. The molecular formula is C17H24O4. The Kier molecular flexibility index (Phi) is 3.77. The van der Waals surface area contributed by atoms with E-state index in [-0.39, 0.29) is 28.8 Å². The van der Waals surface area contributed by atoms with Gasteiger partial charge in [0.2, 0.25) is 5.78 Å². The van der Waals surface area contributed by atoms with Gasteiger partial charge in [-0.2, -0.15) is 0 Å². The van der Waals surface area contributed by atoms with E-state index in [1.807, 2.05) is 6.92 Å². The Balaban J connectivity index is 2.56. The maximum atomic E-state index is 12.4. The minimum atomic E-state index is -0.859. The second-order valence-corrected chi connectivity index (χ2v) is 7.12. The highest BCUT2D eigenvalue weighted by Gasteiger charge is 2.50. The van der Waals surface area contributed by atoms with E-state index in [1.54, 1.807) is 6.92 Å². The summed E-state index contributed by atoms with van der Waals surface area (Å²) in [4.78, 5) is 23.3. The number of ketones is 1. The number of carbonyl (C=O) groups is 2. The zero-order valence-electron chi connectivity index (χ0n) is 13.2. The molecule has 4 nitrogen and oxygen atoms in total. The zero-order chi connectivity index (χ0) is 16.0. The topological polar surface area (TPSA) is 74.6 Å². The number of carboxylic acids is 1. The molecule has 0 saturated heterocycles. The fourth-order valence-corrected chi connectivity index (χ4v) is 4.30. The minimum Gasteiger partial charge on any atom is -0.504 e. The van der Waals surface area contributed by atoms with Crippen molar-refractivity contribution in [3.63, 3.8) is 0 Å². The van der Waals surface area contributed by atoms with Crippen molar-refractivity contribution < 1.29 is 19.8 Å². The molecule has 0 bridgehead atoms. The van der Waals surface area contributed by atoms with Gasteiger partial charge in [-0.15, -0.1) is 0 Å². The van der Waals surface area contributed by atoms with Crippen LogP contribution in [0.2, 0.25) is 0 Å². The summed E-state index contributed by atoms with van der Waals surface area (Å²) in [5, 5.41) is 19.4. The number of hydrogen-bond acceptors (Lipinski definition) is 3. The number of carbonyl (C=O) groups excluding carboxylic acids is 1. The molecule has 1 unspecified atom stereocenters. The van der Waals surface area contributed by atoms with Crippen molar-refractivity contribution in [1.82, 2.24) is 0 Å². The van der Waals surface area contributed by atoms with Crippen LogP contribution in [0.15, 0.2) is 22.5 Å². The Morgan fingerprint density at radius 2 is 1.86 bits per heavy atom. The maximum absolute atomic E-state index is 12.4. The van der Waals surface area contributed by atoms with Gasteiger partial charge in [0.1, 0.15) is 0 Å². The number of aliphatic carboxylic acids is 1. The first kappa shape index (κ1) is 15.8. The first-order valence-corrected chi connectivity index (χ1v) is 7.52. The minimum absolute atomic E-state index is 0.0179. The van der Waals surface area contributed by atoms with Crippen LogP contribution in [0.5, 0.6) is 0 Å². The van der Waals surface area contributed by atoms with Crippen LogP contribution in [-0.4, -0.2) is 22.0 Å². The van der Waals surface area contributed by atoms with Crippen molar-refractivity contribution in [2.75, 3.05) is 0 Å². The third-order valence-corrected chi connectivity index (χ3v) is 5.21. The number of aliphatic hydroxyl groups is 1. The highest BCUT2D eigenvalue weighted by molar-refractivity contribution is 6.09. The Morgan fingerprint density at radius 1 is 1.24 bits per heavy atom. The van der Waals surface area contributed by atoms with Crippen LogP contribution in [0.25, 0.3) is 0 Å². The van der Waals surface area contributed by atoms with Gasteiger partial charge in [0.25, 0.3) is 0 Å². The number of allylic oxidation sites excluding steroid dienone is 3. The number of fused-ring (bicyclic) bond motifs is 1. The van der Waals surface area contributed by atoms with Crippen LogP contribution in [0.3, 0.4) is 0 Å². The first-order valence-electron chi connectivity index (χ1n) is 7.52. The highest BCUT2D eigenvalue weighted by atomic mass is 16.4. The summed E-state index contributed by atoms with van der Waals surface area (Å²) in [6.07, 6.45) is 3.19. The second kappa shape index (κ2) is 5.00. The van der Waals surface area contributed by atoms with Crippen LogP contribution >= 0.6 is 0 Å². The van der Waals surface area contributed by atoms with E-state index in [9.17, 15) is 14.7 Å². The molecule has 1 saturated carbocycles. The van der Waals surface area contributed by atoms with Crippen LogP contribution in [0, 0.1) is 10.8 Å². The van der Waals surface area contributed by atoms with E-state index < -0.39 is 5.97 Å². The molecule has 0 radical (unpaired) electrons. The van der Waals surface area contributed by atoms with Crippen molar-refractivity contribution in [3.05, 3.63) is 22.5 Å². The molecule has 2 N–H and O–H groups in total. The lowest BCUT2D eigenvalue weighted by Crippen LogP contribution is -2.41. The van der Waals surface area contributed by atoms with Gasteiger partial charge in [0.15, 0.2) is 5.76 Å². The average molecular weight is 292 g/mol. The lowest BCUT2D eigenvalue weighted by atomic mass is 9.54. The normalized spacial score (nSPS) is 28.7. The first-order chi connectivity index (χ1) is 9.61. The van der Waals surface area contributed by atoms with Crippen LogP contribution < -0.4 is 0 Å². The van der Waals surface area contributed by atoms with Gasteiger partial charge in [-0.1, -0.05) is 32.8 Å². The van der Waals surface area contributed by atoms with Gasteiger partial charge in [-0.05, 0) is 37.2 Å². The molecular weight excluding hydrogens is 268 g/mol. The van der Waals surface area contributed by atoms with Crippen molar-refractivity contribution in [3.8, 4) is 0 Å². The van der Waals surface area contributed by atoms with E-state index in [1.165, 1.54) is 0 Å². The summed E-state index contributed by atoms with van der Waals surface area (Å²) in [5.41, 5.74) is 1.60. The van der Waals surface area contributed by atoms with Crippen LogP contribution in [-0.2, 0) is 9.59 Å². The van der Waals surface area contributed by atoms with Crippen molar-refractivity contribution in [2.24, 2.45) is 10.8 Å². The Bertz CT molecular complexity index is 565. The molecule has 4 heteroatoms. The predicted octanol–water partition coefficient (Wildman–Crippen LogP) is 3.78. The molecule has 0 amide bonds. The lowest BCUT2D eigenvalue weighted by molar-refractivity contribution is -0.137. The van der Waals surface area contributed by atoms with Gasteiger partial charge in [-0.25, -0.2) is 0 Å². The van der Waals surface area contributed by atoms with Crippen LogP contribution in [0.1, 0.15) is 59.8 Å². The van der Waals surface area contributed by atoms with E-state index >= 15 is 0 Å². The molecule has 0 aromatic carbocycles. The molecule has 0 aromatic rings. The number of carboxylic acid groups (broad SMARTS) is 1. The molecule has 2 aliphatic carbocycles. The molecule has 0 aromatic heterocycles. The molecule has 0 spiro atoms. The van der Waals surface area contributed by atoms with Crippen molar-refractivity contribution >= 4 is 11.8 Å². The standard InChI is InChI=1S/C17H24O4/c1-10-11(6-7-12(18)19)17(4)9-5-8-16(2,3)15(17)14(21)13(10)20/h21H,5-9H2,1-4H3,(H,18,19). The van der Waals surface area contributed by atoms with E-state index in [0.29, 0.717) is 12.0 Å². The lowest BCUT2D eigenvalue weighted by Gasteiger charge is -2.49. The van der Waals surface area contributed by atoms with Gasteiger partial charge in [-0.3, -0.25) is 9.59 Å². The smallest absolute Gasteiger partial charge is 0.303 e. The summed E-state index contributed by atoms with van der Waals surface area (Å²) in [7, 11) is 0. The maximum Gasteiger partial charge on any atom is 0.303 e. The van der Waals surface area contributed by atoms with Gasteiger partial charge in [0, 0.05) is 17.4 Å². The van der Waals surface area contributed by atoms with Crippen molar-refractivity contribution in [1.29, 1.82) is 0 Å². The third-order valence-electron chi connectivity index (χ3n) is 5.21. The molecule has 1 fully saturated rings. The fourth-order valence-electron chi connectivity index (χ4n) is 4.30. The van der Waals surface area contributed by atoms with Crippen LogP contribution in [0.4, 0.5) is 0 Å². The summed E-state index contributed by atoms with van der Waals surface area (Å²) < 4.78 is 0. The number of rotatable bonds is 3. The molecule has 2 rings (SSSR count). The zero-order valence-corrected chi connectivity index (χ0v) is 13.2. The monoisotopic (exact) mass is 292 g/mol. The predicted molar refractivity (Wildman–Crippen MR) is 80.0 cm³/mol. The summed E-state index contributed by atoms with van der Waals surface area (Å²) in [6, 6.07) is 0. The SMILES string of the molecule is CC1=C(CCC(=O)O)C2(C)CCCC(C)(C)C2=C(O)C1=O. The number of hydrogen-bond donors (Lipinski definition) is 2. The fraction of sp³-hybridized carbons (Fsp3) is 0.647. The van der Waals surface area contributed by atoms with E-state index in [0.717, 1.165) is 30.4 Å². The quantitative estimate of drug-likeness (QED) is 0.830. The summed E-state index contributed by atoms with van der Waals surface area (Å²) >= 11 is 0. The second-order valence-electron chi connectivity index (χ2n) is 7.12. The largest absolute Gasteiger partial charge is 0.504 e. The average Bonchev–Trinajstić information content (AvgIpc) is 2.34. The van der Waals surface area contributed by atoms with E-state index in [4.69, 9.17) is 5.11 Å². The van der Waals surface area contributed by atoms with Crippen molar-refractivity contribution in [2.45, 2.75) is 59.8 Å². The Hall–Kier alpha value is -1.58. The molecule has 21 heavy (non-hydrogen) atoms. The molecule has 1 atom stereocenters. The third kappa shape index (κ3) is 2.41. The number of Topliss-reactive ketones (excluding diaryl/α,β-unsaturated/α-hetero) is 1. The molecule has 116 valence electrons. The van der Waals surface area contributed by atoms with Gasteiger partial charge in [0.05, 0.1) is 0 Å². The molecule has 0 heterocycles. The summed E-state index contributed by atoms with van der Waals surface area (Å²) in [5.74, 6) is -1.31. The summed E-state index contributed by atoms with van der Waals surface area (Å²) in [6.45, 7) is 7.86. The Labute approximate surface area is 125 Å². The number of aliphatic hydroxyl groups excluding tert-OH is 1. The molecule has 2 aliphatic rings. The van der Waals surface area contributed by atoms with Gasteiger partial charge < -0.3 is 10.2 Å². The van der Waals surface area contributed by atoms with E-state index in [2.05, 4.69) is 13.8 Å². The van der Waals surface area contributed by atoms with Gasteiger partial charge >= 0.3 is 5.97 Å². The highest BCUT2D eigenvalue weighted by Crippen LogP contribution is 2.58. The Morgan fingerprint density at radius 3 is 2.43 bits per heavy atom.